The quantitative estimate of drug-likeness (QED) is 0.847. The first-order valence-electron chi connectivity index (χ1n) is 7.31. The van der Waals surface area contributed by atoms with Gasteiger partial charge in [0.05, 0.1) is 11.5 Å². The number of benzene rings is 1. The molecular weight excluding hydrogens is 274 g/mol. The lowest BCUT2D eigenvalue weighted by Gasteiger charge is -2.40. The van der Waals surface area contributed by atoms with Crippen LogP contribution in [0, 0.1) is 0 Å². The summed E-state index contributed by atoms with van der Waals surface area (Å²) in [6.45, 7) is 2.46. The molecule has 1 unspecified atom stereocenters. The summed E-state index contributed by atoms with van der Waals surface area (Å²) in [7, 11) is 0. The Bertz CT molecular complexity index is 471. The van der Waals surface area contributed by atoms with Crippen LogP contribution in [0.2, 0.25) is 5.02 Å². The van der Waals surface area contributed by atoms with Crippen LogP contribution in [-0.2, 0) is 10.2 Å². The molecule has 0 spiro atoms. The van der Waals surface area contributed by atoms with Crippen molar-refractivity contribution in [2.75, 3.05) is 6.54 Å². The lowest BCUT2D eigenvalue weighted by molar-refractivity contribution is -0.130. The molecule has 4 heteroatoms. The van der Waals surface area contributed by atoms with Gasteiger partial charge in [-0.3, -0.25) is 4.79 Å². The normalized spacial score (nSPS) is 18.1. The van der Waals surface area contributed by atoms with Gasteiger partial charge in [-0.05, 0) is 43.4 Å². The van der Waals surface area contributed by atoms with Crippen molar-refractivity contribution >= 4 is 17.5 Å². The lowest BCUT2D eigenvalue weighted by atomic mass is 9.64. The highest BCUT2D eigenvalue weighted by atomic mass is 35.5. The zero-order valence-electron chi connectivity index (χ0n) is 11.9. The van der Waals surface area contributed by atoms with Crippen molar-refractivity contribution in [3.8, 4) is 0 Å². The van der Waals surface area contributed by atoms with Crippen LogP contribution >= 0.6 is 11.6 Å². The van der Waals surface area contributed by atoms with Gasteiger partial charge >= 0.3 is 0 Å². The van der Waals surface area contributed by atoms with Crippen LogP contribution in [0.1, 0.15) is 44.6 Å². The molecule has 0 aliphatic heterocycles. The van der Waals surface area contributed by atoms with Crippen LogP contribution in [0.15, 0.2) is 24.3 Å². The summed E-state index contributed by atoms with van der Waals surface area (Å²) in [5.74, 6) is 0.0642. The van der Waals surface area contributed by atoms with Crippen molar-refractivity contribution < 1.29 is 9.90 Å². The largest absolute Gasteiger partial charge is 0.393 e. The average Bonchev–Trinajstić information content (AvgIpc) is 2.37. The Morgan fingerprint density at radius 2 is 2.25 bits per heavy atom. The summed E-state index contributed by atoms with van der Waals surface area (Å²) in [6, 6.07) is 7.59. The van der Waals surface area contributed by atoms with Gasteiger partial charge in [-0.15, -0.1) is 0 Å². The molecule has 0 aromatic heterocycles. The van der Waals surface area contributed by atoms with Gasteiger partial charge in [0.15, 0.2) is 0 Å². The van der Waals surface area contributed by atoms with Crippen LogP contribution in [0.5, 0.6) is 0 Å². The van der Waals surface area contributed by atoms with Gasteiger partial charge in [0, 0.05) is 11.6 Å². The number of rotatable bonds is 6. The zero-order chi connectivity index (χ0) is 14.6. The summed E-state index contributed by atoms with van der Waals surface area (Å²) in [5, 5.41) is 13.2. The van der Waals surface area contributed by atoms with E-state index >= 15 is 0 Å². The summed E-state index contributed by atoms with van der Waals surface area (Å²) < 4.78 is 0. The Kier molecular flexibility index (Phi) is 5.06. The predicted octanol–water partition coefficient (Wildman–Crippen LogP) is 3.04. The number of halogens is 1. The summed E-state index contributed by atoms with van der Waals surface area (Å²) in [6.07, 6.45) is 3.80. The van der Waals surface area contributed by atoms with Gasteiger partial charge in [-0.1, -0.05) is 37.1 Å². The van der Waals surface area contributed by atoms with Crippen molar-refractivity contribution in [2.45, 2.75) is 50.5 Å². The fourth-order valence-corrected chi connectivity index (χ4v) is 2.88. The number of nitrogens with one attached hydrogen (secondary N) is 1. The maximum Gasteiger partial charge on any atom is 0.230 e. The number of amides is 1. The molecule has 1 saturated carbocycles. The van der Waals surface area contributed by atoms with E-state index in [-0.39, 0.29) is 12.0 Å². The molecule has 1 fully saturated rings. The minimum absolute atomic E-state index is 0.0642. The van der Waals surface area contributed by atoms with Crippen LogP contribution in [0.4, 0.5) is 0 Å². The van der Waals surface area contributed by atoms with E-state index in [1.807, 2.05) is 31.2 Å². The van der Waals surface area contributed by atoms with Crippen molar-refractivity contribution in [2.24, 2.45) is 0 Å². The molecule has 1 aromatic rings. The second kappa shape index (κ2) is 6.59. The second-order valence-corrected chi connectivity index (χ2v) is 5.99. The minimum Gasteiger partial charge on any atom is -0.393 e. The Labute approximate surface area is 125 Å². The van der Waals surface area contributed by atoms with E-state index < -0.39 is 5.41 Å². The number of carbonyl (C=O) groups excluding carboxylic acids is 1. The van der Waals surface area contributed by atoms with Crippen molar-refractivity contribution in [3.63, 3.8) is 0 Å². The zero-order valence-corrected chi connectivity index (χ0v) is 12.6. The highest BCUT2D eigenvalue weighted by Crippen LogP contribution is 2.44. The molecule has 1 aromatic carbocycles. The van der Waals surface area contributed by atoms with E-state index in [1.165, 1.54) is 0 Å². The topological polar surface area (TPSA) is 49.3 Å². The maximum atomic E-state index is 12.5. The molecule has 20 heavy (non-hydrogen) atoms. The van der Waals surface area contributed by atoms with E-state index in [0.717, 1.165) is 31.2 Å². The molecule has 0 radical (unpaired) electrons. The molecule has 110 valence electrons. The van der Waals surface area contributed by atoms with E-state index in [4.69, 9.17) is 11.6 Å². The average molecular weight is 296 g/mol. The van der Waals surface area contributed by atoms with E-state index in [0.29, 0.717) is 18.0 Å². The first kappa shape index (κ1) is 15.3. The highest BCUT2D eigenvalue weighted by molar-refractivity contribution is 6.30. The number of carbonyl (C=O) groups is 1. The fourth-order valence-electron chi connectivity index (χ4n) is 2.69. The van der Waals surface area contributed by atoms with Crippen LogP contribution in [0.25, 0.3) is 0 Å². The predicted molar refractivity (Wildman–Crippen MR) is 80.9 cm³/mol. The van der Waals surface area contributed by atoms with E-state index in [2.05, 4.69) is 5.32 Å². The van der Waals surface area contributed by atoms with Crippen molar-refractivity contribution in [3.05, 3.63) is 34.9 Å². The number of hydrogen-bond donors (Lipinski definition) is 2. The second-order valence-electron chi connectivity index (χ2n) is 5.55. The monoisotopic (exact) mass is 295 g/mol. The van der Waals surface area contributed by atoms with Crippen molar-refractivity contribution in [1.82, 2.24) is 5.32 Å². The van der Waals surface area contributed by atoms with Gasteiger partial charge < -0.3 is 10.4 Å². The number of aliphatic hydroxyl groups excluding tert-OH is 1. The van der Waals surface area contributed by atoms with E-state index in [9.17, 15) is 9.90 Å². The third kappa shape index (κ3) is 3.15. The molecule has 0 heterocycles. The Morgan fingerprint density at radius 1 is 1.50 bits per heavy atom. The molecule has 2 rings (SSSR count). The number of aliphatic hydroxyl groups is 1. The Balaban J connectivity index is 2.02. The third-order valence-corrected chi connectivity index (χ3v) is 4.49. The molecule has 1 amide bonds. The standard InChI is InChI=1S/C16H22ClNO2/c1-2-14(19)7-10-18-15(20)16(8-4-9-16)12-5-3-6-13(17)11-12/h3,5-6,11,14,19H,2,4,7-10H2,1H3,(H,18,20). The number of hydrogen-bond acceptors (Lipinski definition) is 2. The summed E-state index contributed by atoms with van der Waals surface area (Å²) in [4.78, 5) is 12.5. The Morgan fingerprint density at radius 3 is 2.80 bits per heavy atom. The van der Waals surface area contributed by atoms with Gasteiger partial charge in [-0.2, -0.15) is 0 Å². The summed E-state index contributed by atoms with van der Waals surface area (Å²) >= 11 is 6.04. The van der Waals surface area contributed by atoms with Gasteiger partial charge in [0.1, 0.15) is 0 Å². The molecular formula is C16H22ClNO2. The summed E-state index contributed by atoms with van der Waals surface area (Å²) in [5.41, 5.74) is 0.590. The minimum atomic E-state index is -0.415. The highest BCUT2D eigenvalue weighted by Gasteiger charge is 2.45. The van der Waals surface area contributed by atoms with Crippen LogP contribution in [0.3, 0.4) is 0 Å². The lowest BCUT2D eigenvalue weighted by Crippen LogP contribution is -2.49. The first-order chi connectivity index (χ1) is 9.58. The smallest absolute Gasteiger partial charge is 0.230 e. The first-order valence-corrected chi connectivity index (χ1v) is 7.68. The van der Waals surface area contributed by atoms with Gasteiger partial charge in [0.25, 0.3) is 0 Å². The van der Waals surface area contributed by atoms with Gasteiger partial charge in [-0.25, -0.2) is 0 Å². The fraction of sp³-hybridized carbons (Fsp3) is 0.562. The molecule has 0 saturated heterocycles. The molecule has 3 nitrogen and oxygen atoms in total. The SMILES string of the molecule is CCC(O)CCNC(=O)C1(c2cccc(Cl)c2)CCC1. The van der Waals surface area contributed by atoms with Crippen LogP contribution < -0.4 is 5.32 Å². The Hall–Kier alpha value is -1.06. The molecule has 1 aliphatic rings. The molecule has 1 aliphatic carbocycles. The maximum absolute atomic E-state index is 12.5. The third-order valence-electron chi connectivity index (χ3n) is 4.25. The van der Waals surface area contributed by atoms with E-state index in [1.54, 1.807) is 0 Å². The van der Waals surface area contributed by atoms with Crippen LogP contribution in [-0.4, -0.2) is 23.7 Å². The van der Waals surface area contributed by atoms with Crippen molar-refractivity contribution in [1.29, 1.82) is 0 Å². The molecule has 0 bridgehead atoms. The molecule has 1 atom stereocenters. The molecule has 2 N–H and O–H groups in total. The van der Waals surface area contributed by atoms with Gasteiger partial charge in [0.2, 0.25) is 5.91 Å².